The molecule has 134 valence electrons. The van der Waals surface area contributed by atoms with Crippen molar-refractivity contribution in [2.75, 3.05) is 22.4 Å². The zero-order valence-electron chi connectivity index (χ0n) is 14.6. The van der Waals surface area contributed by atoms with Crippen molar-refractivity contribution in [3.63, 3.8) is 0 Å². The van der Waals surface area contributed by atoms with E-state index < -0.39 is 15.9 Å². The maximum atomic E-state index is 12.5. The lowest BCUT2D eigenvalue weighted by atomic mass is 10.1. The molecular weight excluding hydrogens is 360 g/mol. The Morgan fingerprint density at radius 1 is 1.08 bits per heavy atom. The average molecular weight is 381 g/mol. The summed E-state index contributed by atoms with van der Waals surface area (Å²) in [6.07, 6.45) is 1.07. The second kappa shape index (κ2) is 7.45. The van der Waals surface area contributed by atoms with Crippen LogP contribution in [0.2, 0.25) is 5.02 Å². The van der Waals surface area contributed by atoms with Gasteiger partial charge < -0.3 is 5.32 Å². The molecule has 5 nitrogen and oxygen atoms in total. The Labute approximate surface area is 153 Å². The Balaban J connectivity index is 2.30. The molecule has 0 saturated heterocycles. The SMILES string of the molecule is Cc1ccc(C)c(NC(=O)CN(c2cc(Cl)ccc2C)S(C)(=O)=O)c1. The van der Waals surface area contributed by atoms with Crippen LogP contribution in [-0.4, -0.2) is 27.1 Å². The zero-order chi connectivity index (χ0) is 18.8. The van der Waals surface area contributed by atoms with Crippen LogP contribution in [-0.2, 0) is 14.8 Å². The molecule has 25 heavy (non-hydrogen) atoms. The molecule has 1 N–H and O–H groups in total. The first-order chi connectivity index (χ1) is 11.6. The van der Waals surface area contributed by atoms with Crippen molar-refractivity contribution in [3.05, 3.63) is 58.1 Å². The van der Waals surface area contributed by atoms with E-state index in [2.05, 4.69) is 5.32 Å². The molecule has 0 atom stereocenters. The molecule has 2 aromatic rings. The lowest BCUT2D eigenvalue weighted by Gasteiger charge is -2.24. The summed E-state index contributed by atoms with van der Waals surface area (Å²) in [5.41, 5.74) is 3.69. The first-order valence-electron chi connectivity index (χ1n) is 7.69. The Kier molecular flexibility index (Phi) is 5.75. The van der Waals surface area contributed by atoms with Crippen molar-refractivity contribution < 1.29 is 13.2 Å². The maximum Gasteiger partial charge on any atom is 0.245 e. The molecule has 0 heterocycles. The number of hydrogen-bond donors (Lipinski definition) is 1. The predicted octanol–water partition coefficient (Wildman–Crippen LogP) is 3.67. The lowest BCUT2D eigenvalue weighted by Crippen LogP contribution is -2.38. The Hall–Kier alpha value is -2.05. The van der Waals surface area contributed by atoms with Gasteiger partial charge in [-0.25, -0.2) is 8.42 Å². The summed E-state index contributed by atoms with van der Waals surface area (Å²) >= 11 is 5.99. The van der Waals surface area contributed by atoms with Gasteiger partial charge >= 0.3 is 0 Å². The van der Waals surface area contributed by atoms with Gasteiger partial charge in [-0.3, -0.25) is 9.10 Å². The molecule has 0 fully saturated rings. The van der Waals surface area contributed by atoms with Gasteiger partial charge in [0.15, 0.2) is 0 Å². The summed E-state index contributed by atoms with van der Waals surface area (Å²) in [6.45, 7) is 5.25. The van der Waals surface area contributed by atoms with Crippen LogP contribution in [0.5, 0.6) is 0 Å². The molecule has 1 amide bonds. The lowest BCUT2D eigenvalue weighted by molar-refractivity contribution is -0.114. The normalized spacial score (nSPS) is 11.2. The van der Waals surface area contributed by atoms with Crippen LogP contribution in [0.25, 0.3) is 0 Å². The van der Waals surface area contributed by atoms with Crippen LogP contribution in [0.3, 0.4) is 0 Å². The van der Waals surface area contributed by atoms with Gasteiger partial charge in [-0.1, -0.05) is 29.8 Å². The standard InChI is InChI=1S/C18H21ClN2O3S/c1-12-5-6-13(2)16(9-12)20-18(22)11-21(25(4,23)24)17-10-15(19)8-7-14(17)3/h5-10H,11H2,1-4H3,(H,20,22). The summed E-state index contributed by atoms with van der Waals surface area (Å²) in [7, 11) is -3.65. The fraction of sp³-hybridized carbons (Fsp3) is 0.278. The van der Waals surface area contributed by atoms with Crippen LogP contribution in [0.1, 0.15) is 16.7 Å². The molecule has 0 aliphatic rings. The summed E-state index contributed by atoms with van der Waals surface area (Å²) in [5, 5.41) is 3.19. The van der Waals surface area contributed by atoms with E-state index in [0.29, 0.717) is 16.4 Å². The highest BCUT2D eigenvalue weighted by Gasteiger charge is 2.23. The van der Waals surface area contributed by atoms with Crippen molar-refractivity contribution in [2.45, 2.75) is 20.8 Å². The molecule has 7 heteroatoms. The number of carbonyl (C=O) groups excluding carboxylic acids is 1. The van der Waals surface area contributed by atoms with E-state index in [1.54, 1.807) is 25.1 Å². The number of anilines is 2. The molecule has 0 unspecified atom stereocenters. The third-order valence-electron chi connectivity index (χ3n) is 3.79. The highest BCUT2D eigenvalue weighted by atomic mass is 35.5. The van der Waals surface area contributed by atoms with E-state index in [-0.39, 0.29) is 6.54 Å². The fourth-order valence-corrected chi connectivity index (χ4v) is 3.50. The van der Waals surface area contributed by atoms with Crippen LogP contribution in [0.15, 0.2) is 36.4 Å². The molecule has 2 aromatic carbocycles. The van der Waals surface area contributed by atoms with Crippen LogP contribution in [0, 0.1) is 20.8 Å². The van der Waals surface area contributed by atoms with Crippen molar-refractivity contribution in [2.24, 2.45) is 0 Å². The second-order valence-corrected chi connectivity index (χ2v) is 8.41. The summed E-state index contributed by atoms with van der Waals surface area (Å²) in [4.78, 5) is 12.5. The van der Waals surface area contributed by atoms with E-state index in [1.807, 2.05) is 32.0 Å². The van der Waals surface area contributed by atoms with Gasteiger partial charge in [0.1, 0.15) is 6.54 Å². The number of aryl methyl sites for hydroxylation is 3. The van der Waals surface area contributed by atoms with Gasteiger partial charge in [-0.2, -0.15) is 0 Å². The summed E-state index contributed by atoms with van der Waals surface area (Å²) < 4.78 is 25.5. The van der Waals surface area contributed by atoms with E-state index in [4.69, 9.17) is 11.6 Å². The maximum absolute atomic E-state index is 12.5. The molecule has 2 rings (SSSR count). The largest absolute Gasteiger partial charge is 0.324 e. The van der Waals surface area contributed by atoms with E-state index in [1.165, 1.54) is 0 Å². The van der Waals surface area contributed by atoms with Crippen molar-refractivity contribution in [1.29, 1.82) is 0 Å². The first-order valence-corrected chi connectivity index (χ1v) is 9.91. The third-order valence-corrected chi connectivity index (χ3v) is 5.16. The number of sulfonamides is 1. The highest BCUT2D eigenvalue weighted by molar-refractivity contribution is 7.92. The van der Waals surface area contributed by atoms with Crippen molar-refractivity contribution in [1.82, 2.24) is 0 Å². The van der Waals surface area contributed by atoms with E-state index in [9.17, 15) is 13.2 Å². The number of carbonyl (C=O) groups is 1. The first kappa shape index (κ1) is 19.3. The van der Waals surface area contributed by atoms with Gasteiger partial charge in [0.25, 0.3) is 0 Å². The van der Waals surface area contributed by atoms with Gasteiger partial charge in [-0.15, -0.1) is 0 Å². The van der Waals surface area contributed by atoms with E-state index >= 15 is 0 Å². The topological polar surface area (TPSA) is 66.5 Å². The minimum absolute atomic E-state index is 0.326. The number of rotatable bonds is 5. The second-order valence-electron chi connectivity index (χ2n) is 6.07. The Morgan fingerprint density at radius 3 is 2.36 bits per heavy atom. The summed E-state index contributed by atoms with van der Waals surface area (Å²) in [6, 6.07) is 10.6. The third kappa shape index (κ3) is 4.96. The van der Waals surface area contributed by atoms with E-state index in [0.717, 1.165) is 27.3 Å². The highest BCUT2D eigenvalue weighted by Crippen LogP contribution is 2.26. The van der Waals surface area contributed by atoms with Crippen molar-refractivity contribution in [3.8, 4) is 0 Å². The minimum atomic E-state index is -3.65. The quantitative estimate of drug-likeness (QED) is 0.860. The molecule has 0 radical (unpaired) electrons. The fourth-order valence-electron chi connectivity index (χ4n) is 2.42. The zero-order valence-corrected chi connectivity index (χ0v) is 16.2. The molecule has 0 spiro atoms. The molecule has 0 aliphatic carbocycles. The molecule has 0 aliphatic heterocycles. The predicted molar refractivity (Wildman–Crippen MR) is 103 cm³/mol. The number of benzene rings is 2. The van der Waals surface area contributed by atoms with Gasteiger partial charge in [0, 0.05) is 10.7 Å². The monoisotopic (exact) mass is 380 g/mol. The Bertz CT molecular complexity index is 911. The smallest absolute Gasteiger partial charge is 0.245 e. The average Bonchev–Trinajstić information content (AvgIpc) is 2.50. The molecule has 0 saturated carbocycles. The van der Waals surface area contributed by atoms with Crippen LogP contribution >= 0.6 is 11.6 Å². The van der Waals surface area contributed by atoms with Crippen LogP contribution < -0.4 is 9.62 Å². The minimum Gasteiger partial charge on any atom is -0.324 e. The number of nitrogens with one attached hydrogen (secondary N) is 1. The number of amides is 1. The van der Waals surface area contributed by atoms with Crippen molar-refractivity contribution >= 4 is 38.9 Å². The Morgan fingerprint density at radius 2 is 1.72 bits per heavy atom. The molecular formula is C18H21ClN2O3S. The van der Waals surface area contributed by atoms with Gasteiger partial charge in [0.2, 0.25) is 15.9 Å². The van der Waals surface area contributed by atoms with Gasteiger partial charge in [0.05, 0.1) is 11.9 Å². The summed E-state index contributed by atoms with van der Waals surface area (Å²) in [5.74, 6) is -0.418. The number of halogens is 1. The molecule has 0 bridgehead atoms. The number of hydrogen-bond acceptors (Lipinski definition) is 3. The van der Waals surface area contributed by atoms with Crippen LogP contribution in [0.4, 0.5) is 11.4 Å². The van der Waals surface area contributed by atoms with Gasteiger partial charge in [-0.05, 0) is 55.7 Å². The molecule has 0 aromatic heterocycles. The number of nitrogens with zero attached hydrogens (tertiary/aromatic N) is 1.